The Kier molecular flexibility index (Phi) is 4.74. The second kappa shape index (κ2) is 6.73. The van der Waals surface area contributed by atoms with E-state index in [2.05, 4.69) is 5.32 Å². The van der Waals surface area contributed by atoms with Crippen molar-refractivity contribution >= 4 is 5.91 Å². The van der Waals surface area contributed by atoms with Crippen LogP contribution in [0.1, 0.15) is 22.0 Å². The van der Waals surface area contributed by atoms with Gasteiger partial charge in [0, 0.05) is 0 Å². The van der Waals surface area contributed by atoms with Gasteiger partial charge in [0.05, 0.1) is 25.3 Å². The van der Waals surface area contributed by atoms with E-state index in [1.165, 1.54) is 7.11 Å². The summed E-state index contributed by atoms with van der Waals surface area (Å²) in [7, 11) is 1.52. The minimum atomic E-state index is -0.436. The molecule has 0 heterocycles. The van der Waals surface area contributed by atoms with E-state index in [9.17, 15) is 9.90 Å². The molecule has 2 rings (SSSR count). The number of carbonyl (C=O) groups excluding carboxylic acids is 1. The first-order valence-electron chi connectivity index (χ1n) is 6.36. The highest BCUT2D eigenvalue weighted by Gasteiger charge is 2.17. The Balaban J connectivity index is 2.18. The van der Waals surface area contributed by atoms with Crippen molar-refractivity contribution in [1.82, 2.24) is 5.32 Å². The van der Waals surface area contributed by atoms with Gasteiger partial charge in [-0.3, -0.25) is 4.79 Å². The second-order valence-corrected chi connectivity index (χ2v) is 4.32. The Hall–Kier alpha value is -2.33. The lowest BCUT2D eigenvalue weighted by molar-refractivity contribution is 0.0913. The first-order chi connectivity index (χ1) is 9.76. The molecule has 0 saturated heterocycles. The van der Waals surface area contributed by atoms with Gasteiger partial charge in [-0.1, -0.05) is 42.5 Å². The first kappa shape index (κ1) is 14.1. The van der Waals surface area contributed by atoms with Gasteiger partial charge in [-0.2, -0.15) is 0 Å². The predicted octanol–water partition coefficient (Wildman–Crippen LogP) is 2.16. The first-order valence-corrected chi connectivity index (χ1v) is 6.36. The zero-order chi connectivity index (χ0) is 14.4. The third-order valence-electron chi connectivity index (χ3n) is 3.04. The van der Waals surface area contributed by atoms with Crippen LogP contribution in [0.25, 0.3) is 0 Å². The van der Waals surface area contributed by atoms with Crippen LogP contribution in [0.5, 0.6) is 5.75 Å². The average molecular weight is 271 g/mol. The second-order valence-electron chi connectivity index (χ2n) is 4.32. The molecule has 0 aliphatic heterocycles. The lowest BCUT2D eigenvalue weighted by Gasteiger charge is -2.17. The summed E-state index contributed by atoms with van der Waals surface area (Å²) >= 11 is 0. The van der Waals surface area contributed by atoms with Gasteiger partial charge in [0.1, 0.15) is 5.75 Å². The normalized spacial score (nSPS) is 11.7. The highest BCUT2D eigenvalue weighted by Crippen LogP contribution is 2.19. The Morgan fingerprint density at radius 1 is 1.15 bits per heavy atom. The van der Waals surface area contributed by atoms with E-state index < -0.39 is 6.04 Å². The van der Waals surface area contributed by atoms with Crippen molar-refractivity contribution in [3.05, 3.63) is 65.7 Å². The molecule has 104 valence electrons. The number of nitrogens with one attached hydrogen (secondary N) is 1. The number of amides is 1. The number of benzene rings is 2. The molecule has 0 spiro atoms. The number of ether oxygens (including phenoxy) is 1. The fraction of sp³-hybridized carbons (Fsp3) is 0.188. The van der Waals surface area contributed by atoms with E-state index in [4.69, 9.17) is 4.74 Å². The Bertz CT molecular complexity index is 569. The summed E-state index contributed by atoms with van der Waals surface area (Å²) in [4.78, 5) is 12.3. The van der Waals surface area contributed by atoms with Crippen molar-refractivity contribution in [3.8, 4) is 5.75 Å². The maximum atomic E-state index is 12.3. The van der Waals surface area contributed by atoms with Crippen molar-refractivity contribution in [3.63, 3.8) is 0 Å². The lowest BCUT2D eigenvalue weighted by Crippen LogP contribution is -2.31. The number of hydrogen-bond acceptors (Lipinski definition) is 3. The van der Waals surface area contributed by atoms with E-state index in [1.54, 1.807) is 24.3 Å². The molecule has 0 saturated carbocycles. The van der Waals surface area contributed by atoms with Crippen molar-refractivity contribution in [2.45, 2.75) is 6.04 Å². The van der Waals surface area contributed by atoms with Gasteiger partial charge in [0.25, 0.3) is 5.91 Å². The van der Waals surface area contributed by atoms with Crippen molar-refractivity contribution in [2.24, 2.45) is 0 Å². The van der Waals surface area contributed by atoms with Crippen LogP contribution >= 0.6 is 0 Å². The van der Waals surface area contributed by atoms with Crippen molar-refractivity contribution in [1.29, 1.82) is 0 Å². The quantitative estimate of drug-likeness (QED) is 0.876. The highest BCUT2D eigenvalue weighted by molar-refractivity contribution is 5.97. The maximum absolute atomic E-state index is 12.3. The zero-order valence-electron chi connectivity index (χ0n) is 11.2. The standard InChI is InChI=1S/C16H17NO3/c1-20-15-10-6-5-9-13(15)16(19)17-14(11-18)12-7-3-2-4-8-12/h2-10,14,18H,11H2,1H3,(H,17,19)/t14-/m0/s1. The van der Waals surface area contributed by atoms with Crippen LogP contribution in [0.3, 0.4) is 0 Å². The van der Waals surface area contributed by atoms with E-state index in [-0.39, 0.29) is 12.5 Å². The molecule has 0 fully saturated rings. The molecule has 0 aromatic heterocycles. The van der Waals surface area contributed by atoms with Gasteiger partial charge in [-0.25, -0.2) is 0 Å². The molecule has 1 amide bonds. The van der Waals surface area contributed by atoms with Gasteiger partial charge in [0.15, 0.2) is 0 Å². The summed E-state index contributed by atoms with van der Waals surface area (Å²) in [5.41, 5.74) is 1.31. The zero-order valence-corrected chi connectivity index (χ0v) is 11.2. The van der Waals surface area contributed by atoms with Gasteiger partial charge in [0.2, 0.25) is 0 Å². The molecule has 20 heavy (non-hydrogen) atoms. The molecule has 0 bridgehead atoms. The van der Waals surface area contributed by atoms with Crippen molar-refractivity contribution < 1.29 is 14.6 Å². The number of aliphatic hydroxyl groups is 1. The average Bonchev–Trinajstić information content (AvgIpc) is 2.53. The monoisotopic (exact) mass is 271 g/mol. The fourth-order valence-corrected chi connectivity index (χ4v) is 1.99. The Morgan fingerprint density at radius 2 is 1.80 bits per heavy atom. The van der Waals surface area contributed by atoms with Gasteiger partial charge in [-0.05, 0) is 17.7 Å². The molecule has 4 nitrogen and oxygen atoms in total. The van der Waals surface area contributed by atoms with Crippen LogP contribution < -0.4 is 10.1 Å². The summed E-state index contributed by atoms with van der Waals surface area (Å²) in [5, 5.41) is 12.3. The molecule has 2 aromatic carbocycles. The number of rotatable bonds is 5. The van der Waals surface area contributed by atoms with Gasteiger partial charge < -0.3 is 15.2 Å². The molecule has 0 aliphatic rings. The maximum Gasteiger partial charge on any atom is 0.255 e. The smallest absolute Gasteiger partial charge is 0.255 e. The minimum absolute atomic E-state index is 0.162. The van der Waals surface area contributed by atoms with Gasteiger partial charge in [-0.15, -0.1) is 0 Å². The fourth-order valence-electron chi connectivity index (χ4n) is 1.99. The predicted molar refractivity (Wildman–Crippen MR) is 76.7 cm³/mol. The SMILES string of the molecule is COc1ccccc1C(=O)N[C@@H](CO)c1ccccc1. The summed E-state index contributed by atoms with van der Waals surface area (Å²) in [6.45, 7) is -0.162. The number of aliphatic hydroxyl groups excluding tert-OH is 1. The number of hydrogen-bond donors (Lipinski definition) is 2. The molecule has 0 radical (unpaired) electrons. The van der Waals surface area contributed by atoms with Crippen LogP contribution in [-0.2, 0) is 0 Å². The lowest BCUT2D eigenvalue weighted by atomic mass is 10.1. The largest absolute Gasteiger partial charge is 0.496 e. The van der Waals surface area contributed by atoms with E-state index in [1.807, 2.05) is 30.3 Å². The molecular formula is C16H17NO3. The highest BCUT2D eigenvalue weighted by atomic mass is 16.5. The number of carbonyl (C=O) groups is 1. The topological polar surface area (TPSA) is 58.6 Å². The summed E-state index contributed by atoms with van der Waals surface area (Å²) < 4.78 is 5.16. The van der Waals surface area contributed by atoms with E-state index in [0.717, 1.165) is 5.56 Å². The molecule has 4 heteroatoms. The summed E-state index contributed by atoms with van der Waals surface area (Å²) in [5.74, 6) is 0.236. The van der Waals surface area contributed by atoms with Crippen LogP contribution in [0.4, 0.5) is 0 Å². The number of para-hydroxylation sites is 1. The van der Waals surface area contributed by atoms with Crippen LogP contribution in [-0.4, -0.2) is 24.7 Å². The van der Waals surface area contributed by atoms with E-state index >= 15 is 0 Å². The third kappa shape index (κ3) is 3.16. The molecule has 2 N–H and O–H groups in total. The minimum Gasteiger partial charge on any atom is -0.496 e. The van der Waals surface area contributed by atoms with E-state index in [0.29, 0.717) is 11.3 Å². The number of methoxy groups -OCH3 is 1. The van der Waals surface area contributed by atoms with Crippen molar-refractivity contribution in [2.75, 3.05) is 13.7 Å². The van der Waals surface area contributed by atoms with Crippen LogP contribution in [0.15, 0.2) is 54.6 Å². The Labute approximate surface area is 118 Å². The van der Waals surface area contributed by atoms with Crippen LogP contribution in [0.2, 0.25) is 0 Å². The summed E-state index contributed by atoms with van der Waals surface area (Å²) in [6, 6.07) is 15.9. The molecule has 1 atom stereocenters. The third-order valence-corrected chi connectivity index (χ3v) is 3.04. The molecular weight excluding hydrogens is 254 g/mol. The molecule has 2 aromatic rings. The molecule has 0 aliphatic carbocycles. The van der Waals surface area contributed by atoms with Crippen LogP contribution in [0, 0.1) is 0 Å². The summed E-state index contributed by atoms with van der Waals surface area (Å²) in [6.07, 6.45) is 0. The van der Waals surface area contributed by atoms with Gasteiger partial charge >= 0.3 is 0 Å². The Morgan fingerprint density at radius 3 is 2.45 bits per heavy atom. The molecule has 0 unspecified atom stereocenters.